The topological polar surface area (TPSA) is 92.6 Å². The lowest BCUT2D eigenvalue weighted by Crippen LogP contribution is -2.35. The fourth-order valence-corrected chi connectivity index (χ4v) is 1.29. The van der Waals surface area contributed by atoms with Crippen LogP contribution in [-0.4, -0.2) is 24.5 Å². The average molecular weight is 236 g/mol. The van der Waals surface area contributed by atoms with Gasteiger partial charge in [-0.3, -0.25) is 4.79 Å². The molecule has 1 aliphatic rings. The van der Waals surface area contributed by atoms with Gasteiger partial charge in [0.05, 0.1) is 12.8 Å². The van der Waals surface area contributed by atoms with Gasteiger partial charge in [0.25, 0.3) is 0 Å². The predicted molar refractivity (Wildman–Crippen MR) is 63.2 cm³/mol. The molecule has 0 atom stereocenters. The van der Waals surface area contributed by atoms with Crippen molar-refractivity contribution >= 4 is 11.9 Å². The summed E-state index contributed by atoms with van der Waals surface area (Å²) in [5.41, 5.74) is 5.59. The number of aliphatic imine (C=N–C) groups is 1. The Labute approximate surface area is 99.3 Å². The molecule has 1 aromatic rings. The molecule has 6 nitrogen and oxygen atoms in total. The Morgan fingerprint density at radius 3 is 3.06 bits per heavy atom. The van der Waals surface area contributed by atoms with E-state index in [1.54, 1.807) is 18.4 Å². The van der Waals surface area contributed by atoms with Crippen molar-refractivity contribution in [1.82, 2.24) is 10.6 Å². The number of nitrogens with one attached hydrogen (secondary N) is 2. The molecule has 1 saturated carbocycles. The van der Waals surface area contributed by atoms with E-state index >= 15 is 0 Å². The highest BCUT2D eigenvalue weighted by molar-refractivity contribution is 5.84. The summed E-state index contributed by atoms with van der Waals surface area (Å²) in [5, 5.41) is 5.69. The van der Waals surface area contributed by atoms with Gasteiger partial charge in [-0.2, -0.15) is 0 Å². The molecule has 6 heteroatoms. The van der Waals surface area contributed by atoms with Crippen molar-refractivity contribution in [2.45, 2.75) is 25.4 Å². The largest absolute Gasteiger partial charge is 0.467 e. The summed E-state index contributed by atoms with van der Waals surface area (Å²) >= 11 is 0. The van der Waals surface area contributed by atoms with Crippen LogP contribution >= 0.6 is 0 Å². The number of hydrogen-bond donors (Lipinski definition) is 3. The van der Waals surface area contributed by atoms with Crippen molar-refractivity contribution < 1.29 is 9.21 Å². The molecule has 0 unspecified atom stereocenters. The molecule has 1 heterocycles. The minimum Gasteiger partial charge on any atom is -0.467 e. The molecule has 1 fully saturated rings. The second kappa shape index (κ2) is 5.38. The lowest BCUT2D eigenvalue weighted by Gasteiger charge is -2.03. The van der Waals surface area contributed by atoms with Gasteiger partial charge in [0, 0.05) is 6.04 Å². The highest BCUT2D eigenvalue weighted by Gasteiger charge is 2.21. The number of carbonyl (C=O) groups is 1. The van der Waals surface area contributed by atoms with Crippen LogP contribution in [-0.2, 0) is 11.3 Å². The summed E-state index contributed by atoms with van der Waals surface area (Å²) in [4.78, 5) is 15.3. The minimum atomic E-state index is -0.179. The second-order valence-corrected chi connectivity index (χ2v) is 3.98. The van der Waals surface area contributed by atoms with Gasteiger partial charge in [-0.15, -0.1) is 0 Å². The fourth-order valence-electron chi connectivity index (χ4n) is 1.29. The van der Waals surface area contributed by atoms with Crippen LogP contribution in [0.3, 0.4) is 0 Å². The molecule has 0 aromatic carbocycles. The lowest BCUT2D eigenvalue weighted by atomic mass is 10.4. The first-order valence-electron chi connectivity index (χ1n) is 5.59. The van der Waals surface area contributed by atoms with Crippen molar-refractivity contribution in [3.8, 4) is 0 Å². The zero-order valence-corrected chi connectivity index (χ0v) is 9.48. The smallest absolute Gasteiger partial charge is 0.242 e. The average Bonchev–Trinajstić information content (AvgIpc) is 2.96. The van der Waals surface area contributed by atoms with Crippen molar-refractivity contribution in [2.75, 3.05) is 6.54 Å². The molecular weight excluding hydrogens is 220 g/mol. The lowest BCUT2D eigenvalue weighted by molar-refractivity contribution is -0.119. The first-order valence-corrected chi connectivity index (χ1v) is 5.59. The highest BCUT2D eigenvalue weighted by atomic mass is 16.3. The Kier molecular flexibility index (Phi) is 3.64. The molecular formula is C11H16N4O2. The van der Waals surface area contributed by atoms with Crippen molar-refractivity contribution in [1.29, 1.82) is 0 Å². The predicted octanol–water partition coefficient (Wildman–Crippen LogP) is -0.0375. The quantitative estimate of drug-likeness (QED) is 0.494. The molecule has 0 radical (unpaired) electrons. The molecule has 0 bridgehead atoms. The maximum Gasteiger partial charge on any atom is 0.242 e. The van der Waals surface area contributed by atoms with E-state index in [-0.39, 0.29) is 12.5 Å². The van der Waals surface area contributed by atoms with Crippen LogP contribution in [0.1, 0.15) is 18.6 Å². The van der Waals surface area contributed by atoms with Gasteiger partial charge >= 0.3 is 0 Å². The third kappa shape index (κ3) is 4.18. The van der Waals surface area contributed by atoms with Crippen molar-refractivity contribution in [3.05, 3.63) is 24.2 Å². The molecule has 0 spiro atoms. The van der Waals surface area contributed by atoms with Crippen molar-refractivity contribution in [3.63, 3.8) is 0 Å². The maximum absolute atomic E-state index is 11.4. The standard InChI is InChI=1S/C11H16N4O2/c12-11(15-8-3-4-8)14-7-10(16)13-6-9-2-1-5-17-9/h1-2,5,8H,3-4,6-7H2,(H,13,16)(H3,12,14,15). The number of rotatable bonds is 5. The monoisotopic (exact) mass is 236 g/mol. The number of guanidine groups is 1. The molecule has 0 saturated heterocycles. The third-order valence-electron chi connectivity index (χ3n) is 2.36. The Balaban J connectivity index is 1.66. The summed E-state index contributed by atoms with van der Waals surface area (Å²) in [5.74, 6) is 0.869. The van der Waals surface area contributed by atoms with E-state index in [2.05, 4.69) is 15.6 Å². The van der Waals surface area contributed by atoms with Gasteiger partial charge in [-0.1, -0.05) is 0 Å². The number of nitrogens with two attached hydrogens (primary N) is 1. The molecule has 0 aliphatic heterocycles. The highest BCUT2D eigenvalue weighted by Crippen LogP contribution is 2.17. The number of carbonyl (C=O) groups excluding carboxylic acids is 1. The summed E-state index contributed by atoms with van der Waals surface area (Å²) in [6.45, 7) is 0.406. The number of amides is 1. The summed E-state index contributed by atoms with van der Waals surface area (Å²) in [7, 11) is 0. The van der Waals surface area contributed by atoms with Gasteiger partial charge in [0.1, 0.15) is 12.3 Å². The zero-order valence-electron chi connectivity index (χ0n) is 9.48. The second-order valence-electron chi connectivity index (χ2n) is 3.98. The van der Waals surface area contributed by atoms with E-state index in [0.717, 1.165) is 12.8 Å². The van der Waals surface area contributed by atoms with Gasteiger partial charge in [-0.05, 0) is 25.0 Å². The van der Waals surface area contributed by atoms with Gasteiger partial charge in [0.15, 0.2) is 5.96 Å². The van der Waals surface area contributed by atoms with Crippen LogP contribution < -0.4 is 16.4 Å². The van der Waals surface area contributed by atoms with E-state index in [4.69, 9.17) is 10.2 Å². The SMILES string of the molecule is NC(=NCC(=O)NCc1ccco1)NC1CC1. The van der Waals surface area contributed by atoms with E-state index in [0.29, 0.717) is 24.3 Å². The van der Waals surface area contributed by atoms with Crippen LogP contribution in [0, 0.1) is 0 Å². The number of furan rings is 1. The van der Waals surface area contributed by atoms with Crippen LogP contribution in [0.25, 0.3) is 0 Å². The summed E-state index contributed by atoms with van der Waals surface area (Å²) < 4.78 is 5.08. The Morgan fingerprint density at radius 1 is 1.59 bits per heavy atom. The molecule has 1 aliphatic carbocycles. The molecule has 17 heavy (non-hydrogen) atoms. The van der Waals surface area contributed by atoms with E-state index in [1.165, 1.54) is 0 Å². The third-order valence-corrected chi connectivity index (χ3v) is 2.36. The first kappa shape index (κ1) is 11.5. The number of hydrogen-bond acceptors (Lipinski definition) is 3. The van der Waals surface area contributed by atoms with Crippen LogP contribution in [0.2, 0.25) is 0 Å². The molecule has 1 amide bonds. The zero-order chi connectivity index (χ0) is 12.1. The molecule has 1 aromatic heterocycles. The Bertz CT molecular complexity index is 396. The van der Waals surface area contributed by atoms with Crippen LogP contribution in [0.15, 0.2) is 27.8 Å². The van der Waals surface area contributed by atoms with Gasteiger partial charge in [-0.25, -0.2) is 4.99 Å². The maximum atomic E-state index is 11.4. The van der Waals surface area contributed by atoms with Crippen molar-refractivity contribution in [2.24, 2.45) is 10.7 Å². The van der Waals surface area contributed by atoms with Gasteiger partial charge in [0.2, 0.25) is 5.91 Å². The molecule has 2 rings (SSSR count). The Hall–Kier alpha value is -1.98. The normalized spacial score (nSPS) is 15.6. The van der Waals surface area contributed by atoms with E-state index in [9.17, 15) is 4.79 Å². The van der Waals surface area contributed by atoms with Gasteiger partial charge < -0.3 is 20.8 Å². The molecule has 4 N–H and O–H groups in total. The fraction of sp³-hybridized carbons (Fsp3) is 0.455. The number of nitrogens with zero attached hydrogens (tertiary/aromatic N) is 1. The summed E-state index contributed by atoms with van der Waals surface area (Å²) in [6.07, 6.45) is 3.82. The van der Waals surface area contributed by atoms with Crippen LogP contribution in [0.5, 0.6) is 0 Å². The summed E-state index contributed by atoms with van der Waals surface area (Å²) in [6, 6.07) is 4.02. The first-order chi connectivity index (χ1) is 8.24. The minimum absolute atomic E-state index is 0.0340. The Morgan fingerprint density at radius 2 is 2.41 bits per heavy atom. The van der Waals surface area contributed by atoms with Crippen LogP contribution in [0.4, 0.5) is 0 Å². The molecule has 92 valence electrons. The van der Waals surface area contributed by atoms with E-state index in [1.807, 2.05) is 0 Å². The van der Waals surface area contributed by atoms with E-state index < -0.39 is 0 Å².